The lowest BCUT2D eigenvalue weighted by atomic mass is 10.1. The van der Waals surface area contributed by atoms with Crippen molar-refractivity contribution in [2.45, 2.75) is 13.8 Å². The molecule has 0 spiro atoms. The number of carbonyl (C=O) groups is 1. The van der Waals surface area contributed by atoms with Gasteiger partial charge in [0, 0.05) is 5.69 Å². The molecule has 2 aromatic carbocycles. The molecule has 0 aliphatic heterocycles. The molecule has 0 aliphatic rings. The fourth-order valence-electron chi connectivity index (χ4n) is 2.21. The third-order valence-electron chi connectivity index (χ3n) is 3.63. The number of nitrogens with zero attached hydrogens (tertiary/aromatic N) is 2. The quantitative estimate of drug-likeness (QED) is 0.756. The van der Waals surface area contributed by atoms with Crippen LogP contribution in [0.4, 0.5) is 16.5 Å². The number of amides is 1. The summed E-state index contributed by atoms with van der Waals surface area (Å²) in [4.78, 5) is 12.5. The summed E-state index contributed by atoms with van der Waals surface area (Å²) in [7, 11) is 0. The zero-order chi connectivity index (χ0) is 16.2. The molecular weight excluding hydrogens is 308 g/mol. The Balaban J connectivity index is 1.88. The molecule has 1 amide bonds. The molecule has 23 heavy (non-hydrogen) atoms. The topological polar surface area (TPSA) is 66.9 Å². The molecule has 6 heteroatoms. The Bertz CT molecular complexity index is 830. The molecule has 2 N–H and O–H groups in total. The van der Waals surface area contributed by atoms with E-state index in [0.29, 0.717) is 10.7 Å². The van der Waals surface area contributed by atoms with Crippen LogP contribution in [0.5, 0.6) is 0 Å². The third kappa shape index (κ3) is 3.37. The van der Waals surface area contributed by atoms with E-state index in [1.165, 1.54) is 16.9 Å². The number of aromatic nitrogens is 2. The number of benzene rings is 2. The summed E-state index contributed by atoms with van der Waals surface area (Å²) in [6.07, 6.45) is 0. The van der Waals surface area contributed by atoms with Crippen LogP contribution in [0.1, 0.15) is 21.5 Å². The fourth-order valence-corrected chi connectivity index (χ4v) is 2.65. The zero-order valence-electron chi connectivity index (χ0n) is 12.8. The minimum absolute atomic E-state index is 0.213. The van der Waals surface area contributed by atoms with Crippen molar-refractivity contribution < 1.29 is 4.79 Å². The van der Waals surface area contributed by atoms with Crippen molar-refractivity contribution in [3.05, 3.63) is 64.7 Å². The van der Waals surface area contributed by atoms with Crippen molar-refractivity contribution in [1.29, 1.82) is 0 Å². The highest BCUT2D eigenvalue weighted by molar-refractivity contribution is 7.13. The van der Waals surface area contributed by atoms with Crippen molar-refractivity contribution in [2.24, 2.45) is 0 Å². The molecule has 0 fully saturated rings. The first-order chi connectivity index (χ1) is 11.1. The van der Waals surface area contributed by atoms with E-state index in [0.717, 1.165) is 16.9 Å². The summed E-state index contributed by atoms with van der Waals surface area (Å²) < 4.78 is 0. The molecule has 0 radical (unpaired) electrons. The second kappa shape index (κ2) is 6.58. The van der Waals surface area contributed by atoms with Gasteiger partial charge in [-0.3, -0.25) is 10.1 Å². The summed E-state index contributed by atoms with van der Waals surface area (Å²) in [5.74, 6) is -0.213. The number of hydrogen-bond donors (Lipinski definition) is 2. The van der Waals surface area contributed by atoms with Crippen molar-refractivity contribution in [3.8, 4) is 0 Å². The Morgan fingerprint density at radius 2 is 1.83 bits per heavy atom. The van der Waals surface area contributed by atoms with Gasteiger partial charge in [0.05, 0.1) is 11.3 Å². The van der Waals surface area contributed by atoms with Gasteiger partial charge in [-0.1, -0.05) is 35.6 Å². The standard InChI is InChI=1S/C17H16N4OS/c1-11-6-5-9-14(12(11)2)19-15-8-4-3-7-13(15)16(22)20-17-21-18-10-23-17/h3-10,19H,1-2H3,(H,20,21,22). The van der Waals surface area contributed by atoms with Crippen molar-refractivity contribution in [3.63, 3.8) is 0 Å². The summed E-state index contributed by atoms with van der Waals surface area (Å²) >= 11 is 1.29. The molecule has 116 valence electrons. The van der Waals surface area contributed by atoms with Crippen molar-refractivity contribution in [2.75, 3.05) is 10.6 Å². The normalized spacial score (nSPS) is 10.3. The molecule has 0 saturated heterocycles. The Hall–Kier alpha value is -2.73. The third-order valence-corrected chi connectivity index (χ3v) is 4.23. The molecular formula is C17H16N4OS. The molecule has 1 aromatic heterocycles. The first kappa shape index (κ1) is 15.2. The Morgan fingerprint density at radius 1 is 1.04 bits per heavy atom. The number of aryl methyl sites for hydroxylation is 1. The van der Waals surface area contributed by atoms with Crippen LogP contribution in [0.25, 0.3) is 0 Å². The van der Waals surface area contributed by atoms with Crippen LogP contribution in [-0.2, 0) is 0 Å². The van der Waals surface area contributed by atoms with Gasteiger partial charge in [0.25, 0.3) is 5.91 Å². The predicted octanol–water partition coefficient (Wildman–Crippen LogP) is 4.15. The Labute approximate surface area is 138 Å². The summed E-state index contributed by atoms with van der Waals surface area (Å²) in [6.45, 7) is 4.12. The zero-order valence-corrected chi connectivity index (χ0v) is 13.6. The van der Waals surface area contributed by atoms with Crippen molar-refractivity contribution >= 4 is 33.8 Å². The van der Waals surface area contributed by atoms with Crippen LogP contribution < -0.4 is 10.6 Å². The number of hydrogen-bond acceptors (Lipinski definition) is 5. The highest BCUT2D eigenvalue weighted by Crippen LogP contribution is 2.26. The number of para-hydroxylation sites is 1. The fraction of sp³-hybridized carbons (Fsp3) is 0.118. The van der Waals surface area contributed by atoms with E-state index >= 15 is 0 Å². The van der Waals surface area contributed by atoms with E-state index in [4.69, 9.17) is 0 Å². The molecule has 0 aliphatic carbocycles. The van der Waals surface area contributed by atoms with Gasteiger partial charge in [-0.2, -0.15) is 0 Å². The van der Waals surface area contributed by atoms with Crippen LogP contribution in [0.15, 0.2) is 48.0 Å². The highest BCUT2D eigenvalue weighted by Gasteiger charge is 2.13. The average Bonchev–Trinajstić information content (AvgIpc) is 3.05. The monoisotopic (exact) mass is 324 g/mol. The predicted molar refractivity (Wildman–Crippen MR) is 93.5 cm³/mol. The van der Waals surface area contributed by atoms with E-state index in [9.17, 15) is 4.79 Å². The largest absolute Gasteiger partial charge is 0.355 e. The molecule has 3 aromatic rings. The average molecular weight is 324 g/mol. The lowest BCUT2D eigenvalue weighted by Gasteiger charge is -2.14. The van der Waals surface area contributed by atoms with Crippen molar-refractivity contribution in [1.82, 2.24) is 10.2 Å². The molecule has 5 nitrogen and oxygen atoms in total. The van der Waals surface area contributed by atoms with Gasteiger partial charge >= 0.3 is 0 Å². The molecule has 0 saturated carbocycles. The van der Waals surface area contributed by atoms with E-state index in [1.54, 1.807) is 11.6 Å². The number of carbonyl (C=O) groups excluding carboxylic acids is 1. The Morgan fingerprint density at radius 3 is 2.61 bits per heavy atom. The van der Waals surface area contributed by atoms with E-state index in [-0.39, 0.29) is 5.91 Å². The van der Waals surface area contributed by atoms with Gasteiger partial charge in [0.15, 0.2) is 0 Å². The molecule has 0 bridgehead atoms. The van der Waals surface area contributed by atoms with Crippen LogP contribution in [0.2, 0.25) is 0 Å². The smallest absolute Gasteiger partial charge is 0.259 e. The second-order valence-electron chi connectivity index (χ2n) is 5.12. The van der Waals surface area contributed by atoms with Crippen LogP contribution in [-0.4, -0.2) is 16.1 Å². The summed E-state index contributed by atoms with van der Waals surface area (Å²) in [5.41, 5.74) is 6.24. The highest BCUT2D eigenvalue weighted by atomic mass is 32.1. The lowest BCUT2D eigenvalue weighted by molar-refractivity contribution is 0.102. The summed E-state index contributed by atoms with van der Waals surface area (Å²) in [6, 6.07) is 13.5. The van der Waals surface area contributed by atoms with E-state index < -0.39 is 0 Å². The SMILES string of the molecule is Cc1cccc(Nc2ccccc2C(=O)Nc2nncs2)c1C. The van der Waals surface area contributed by atoms with Gasteiger partial charge in [-0.15, -0.1) is 10.2 Å². The second-order valence-corrected chi connectivity index (χ2v) is 5.95. The van der Waals surface area contributed by atoms with Gasteiger partial charge in [0.2, 0.25) is 5.13 Å². The summed E-state index contributed by atoms with van der Waals surface area (Å²) in [5, 5.41) is 14.1. The number of rotatable bonds is 4. The molecule has 3 rings (SSSR count). The minimum Gasteiger partial charge on any atom is -0.355 e. The van der Waals surface area contributed by atoms with E-state index in [1.807, 2.05) is 30.3 Å². The van der Waals surface area contributed by atoms with Crippen LogP contribution >= 0.6 is 11.3 Å². The van der Waals surface area contributed by atoms with Crippen LogP contribution in [0.3, 0.4) is 0 Å². The van der Waals surface area contributed by atoms with Gasteiger partial charge < -0.3 is 5.32 Å². The van der Waals surface area contributed by atoms with Gasteiger partial charge in [-0.05, 0) is 43.2 Å². The minimum atomic E-state index is -0.213. The number of nitrogens with one attached hydrogen (secondary N) is 2. The van der Waals surface area contributed by atoms with Gasteiger partial charge in [0.1, 0.15) is 5.51 Å². The maximum absolute atomic E-state index is 12.5. The Kier molecular flexibility index (Phi) is 4.34. The molecule has 1 heterocycles. The van der Waals surface area contributed by atoms with Gasteiger partial charge in [-0.25, -0.2) is 0 Å². The number of anilines is 3. The maximum atomic E-state index is 12.5. The van der Waals surface area contributed by atoms with E-state index in [2.05, 4.69) is 40.7 Å². The lowest BCUT2D eigenvalue weighted by Crippen LogP contribution is -2.14. The molecule has 0 unspecified atom stereocenters. The maximum Gasteiger partial charge on any atom is 0.259 e. The molecule has 0 atom stereocenters. The van der Waals surface area contributed by atoms with Crippen LogP contribution in [0, 0.1) is 13.8 Å². The first-order valence-electron chi connectivity index (χ1n) is 7.15. The first-order valence-corrected chi connectivity index (χ1v) is 8.03.